The van der Waals surface area contributed by atoms with Crippen molar-refractivity contribution in [1.29, 1.82) is 0 Å². The molecule has 1 atom stereocenters. The van der Waals surface area contributed by atoms with Crippen molar-refractivity contribution in [3.63, 3.8) is 0 Å². The van der Waals surface area contributed by atoms with Gasteiger partial charge in [0.05, 0.1) is 6.42 Å². The first-order chi connectivity index (χ1) is 5.24. The predicted molar refractivity (Wildman–Crippen MR) is 48.8 cm³/mol. The van der Waals surface area contributed by atoms with Crippen molar-refractivity contribution in [2.45, 2.75) is 25.9 Å². The second-order valence-corrected chi connectivity index (χ2v) is 2.59. The lowest BCUT2D eigenvalue weighted by atomic mass is 10.3. The summed E-state index contributed by atoms with van der Waals surface area (Å²) >= 11 is 3.91. The zero-order chi connectivity index (χ0) is 8.69. The summed E-state index contributed by atoms with van der Waals surface area (Å²) in [5, 5.41) is 0. The molecule has 11 heavy (non-hydrogen) atoms. The smallest absolute Gasteiger partial charge is 0.307 e. The summed E-state index contributed by atoms with van der Waals surface area (Å²) in [6.45, 7) is 5.49. The highest BCUT2D eigenvalue weighted by atomic mass is 32.1. The lowest BCUT2D eigenvalue weighted by Gasteiger charge is -2.10. The fourth-order valence-corrected chi connectivity index (χ4v) is 0.800. The van der Waals surface area contributed by atoms with Crippen LogP contribution in [-0.2, 0) is 9.53 Å². The third-order valence-electron chi connectivity index (χ3n) is 1.26. The molecule has 0 saturated carbocycles. The maximum Gasteiger partial charge on any atom is 0.307 e. The fraction of sp³-hybridized carbons (Fsp3) is 0.625. The van der Waals surface area contributed by atoms with Crippen LogP contribution in [0, 0.1) is 0 Å². The fourth-order valence-electron chi connectivity index (χ4n) is 0.617. The Morgan fingerprint density at radius 1 is 1.82 bits per heavy atom. The third kappa shape index (κ3) is 4.90. The minimum atomic E-state index is -0.202. The van der Waals surface area contributed by atoms with Gasteiger partial charge in [-0.15, -0.1) is 0 Å². The van der Waals surface area contributed by atoms with Gasteiger partial charge in [-0.1, -0.05) is 19.6 Å². The molecule has 2 nitrogen and oxygen atoms in total. The van der Waals surface area contributed by atoms with Gasteiger partial charge in [-0.3, -0.25) is 4.79 Å². The van der Waals surface area contributed by atoms with Crippen molar-refractivity contribution in [1.82, 2.24) is 0 Å². The van der Waals surface area contributed by atoms with E-state index in [2.05, 4.69) is 19.2 Å². The van der Waals surface area contributed by atoms with E-state index in [0.717, 1.165) is 6.42 Å². The van der Waals surface area contributed by atoms with Crippen LogP contribution >= 0.6 is 12.6 Å². The maximum atomic E-state index is 10.9. The second-order valence-electron chi connectivity index (χ2n) is 2.15. The highest BCUT2D eigenvalue weighted by molar-refractivity contribution is 7.80. The molecule has 1 unspecified atom stereocenters. The van der Waals surface area contributed by atoms with E-state index in [4.69, 9.17) is 4.74 Å². The van der Waals surface area contributed by atoms with Crippen molar-refractivity contribution in [2.75, 3.05) is 5.75 Å². The molecule has 0 spiro atoms. The number of ether oxygens (including phenoxy) is 1. The van der Waals surface area contributed by atoms with E-state index in [9.17, 15) is 4.79 Å². The Morgan fingerprint density at radius 2 is 2.45 bits per heavy atom. The molecule has 0 aliphatic heterocycles. The van der Waals surface area contributed by atoms with Gasteiger partial charge in [-0.05, 0) is 6.42 Å². The van der Waals surface area contributed by atoms with Gasteiger partial charge in [-0.25, -0.2) is 0 Å². The summed E-state index contributed by atoms with van der Waals surface area (Å²) in [5.41, 5.74) is 0. The summed E-state index contributed by atoms with van der Waals surface area (Å²) in [5.74, 6) is 0.332. The van der Waals surface area contributed by atoms with Crippen LogP contribution in [0.1, 0.15) is 19.8 Å². The van der Waals surface area contributed by atoms with E-state index in [1.165, 1.54) is 0 Å². The van der Waals surface area contributed by atoms with Gasteiger partial charge >= 0.3 is 5.97 Å². The van der Waals surface area contributed by atoms with Crippen LogP contribution in [0.2, 0.25) is 0 Å². The Bertz CT molecular complexity index is 134. The SMILES string of the molecule is C=CC(CC)OC(=O)CCS. The van der Waals surface area contributed by atoms with Gasteiger partial charge in [0.2, 0.25) is 0 Å². The minimum Gasteiger partial charge on any atom is -0.458 e. The van der Waals surface area contributed by atoms with Gasteiger partial charge in [0.25, 0.3) is 0 Å². The molecule has 0 aliphatic rings. The first kappa shape index (κ1) is 10.6. The van der Waals surface area contributed by atoms with Crippen LogP contribution in [0.5, 0.6) is 0 Å². The molecule has 0 fully saturated rings. The first-order valence-electron chi connectivity index (χ1n) is 3.67. The van der Waals surface area contributed by atoms with Crippen LogP contribution < -0.4 is 0 Å². The number of thiol groups is 1. The minimum absolute atomic E-state index is 0.137. The van der Waals surface area contributed by atoms with E-state index in [1.807, 2.05) is 6.92 Å². The number of rotatable bonds is 5. The highest BCUT2D eigenvalue weighted by Gasteiger charge is 2.06. The second kappa shape index (κ2) is 6.28. The lowest BCUT2D eigenvalue weighted by Crippen LogP contribution is -2.14. The monoisotopic (exact) mass is 174 g/mol. The van der Waals surface area contributed by atoms with E-state index in [-0.39, 0.29) is 12.1 Å². The molecule has 0 saturated heterocycles. The van der Waals surface area contributed by atoms with E-state index in [1.54, 1.807) is 6.08 Å². The van der Waals surface area contributed by atoms with Crippen LogP contribution in [0.3, 0.4) is 0 Å². The summed E-state index contributed by atoms with van der Waals surface area (Å²) in [4.78, 5) is 10.9. The van der Waals surface area contributed by atoms with Crippen molar-refractivity contribution in [3.05, 3.63) is 12.7 Å². The Kier molecular flexibility index (Phi) is 6.03. The van der Waals surface area contributed by atoms with Gasteiger partial charge in [0.15, 0.2) is 0 Å². The number of carbonyl (C=O) groups is 1. The Hall–Kier alpha value is -0.440. The topological polar surface area (TPSA) is 26.3 Å². The molecule has 64 valence electrons. The number of hydrogen-bond acceptors (Lipinski definition) is 3. The number of carbonyl (C=O) groups excluding carboxylic acids is 1. The van der Waals surface area contributed by atoms with E-state index < -0.39 is 0 Å². The maximum absolute atomic E-state index is 10.9. The molecule has 0 aromatic rings. The number of esters is 1. The van der Waals surface area contributed by atoms with Crippen molar-refractivity contribution in [2.24, 2.45) is 0 Å². The summed E-state index contributed by atoms with van der Waals surface area (Å²) in [7, 11) is 0. The third-order valence-corrected chi connectivity index (χ3v) is 1.49. The Balaban J connectivity index is 3.62. The molecule has 3 heteroatoms. The first-order valence-corrected chi connectivity index (χ1v) is 4.30. The highest BCUT2D eigenvalue weighted by Crippen LogP contribution is 2.01. The molecule has 0 radical (unpaired) electrons. The van der Waals surface area contributed by atoms with E-state index in [0.29, 0.717) is 12.2 Å². The molecule has 0 heterocycles. The molecule has 0 aliphatic carbocycles. The van der Waals surface area contributed by atoms with Crippen molar-refractivity contribution < 1.29 is 9.53 Å². The molecular weight excluding hydrogens is 160 g/mol. The van der Waals surface area contributed by atoms with Crippen LogP contribution in [0.25, 0.3) is 0 Å². The average molecular weight is 174 g/mol. The van der Waals surface area contributed by atoms with Crippen molar-refractivity contribution in [3.8, 4) is 0 Å². The van der Waals surface area contributed by atoms with Crippen molar-refractivity contribution >= 4 is 18.6 Å². The summed E-state index contributed by atoms with van der Waals surface area (Å²) in [6, 6.07) is 0. The largest absolute Gasteiger partial charge is 0.458 e. The standard InChI is InChI=1S/C8H14O2S/c1-3-7(4-2)10-8(9)5-6-11/h3,7,11H,1,4-6H2,2H3. The number of hydrogen-bond donors (Lipinski definition) is 1. The Morgan fingerprint density at radius 3 is 2.82 bits per heavy atom. The molecule has 0 aromatic carbocycles. The van der Waals surface area contributed by atoms with E-state index >= 15 is 0 Å². The van der Waals surface area contributed by atoms with Crippen LogP contribution in [-0.4, -0.2) is 17.8 Å². The van der Waals surface area contributed by atoms with Crippen LogP contribution in [0.4, 0.5) is 0 Å². The Labute approximate surface area is 73.0 Å². The van der Waals surface area contributed by atoms with Gasteiger partial charge in [-0.2, -0.15) is 12.6 Å². The molecule has 0 aromatic heterocycles. The van der Waals surface area contributed by atoms with Gasteiger partial charge in [0.1, 0.15) is 6.10 Å². The average Bonchev–Trinajstić information content (AvgIpc) is 2.01. The molecule has 0 rings (SSSR count). The molecule has 0 amide bonds. The zero-order valence-corrected chi connectivity index (χ0v) is 7.64. The van der Waals surface area contributed by atoms with Crippen LogP contribution in [0.15, 0.2) is 12.7 Å². The molecule has 0 N–H and O–H groups in total. The molecule has 0 bridgehead atoms. The predicted octanol–water partition coefficient (Wildman–Crippen LogP) is 1.81. The van der Waals surface area contributed by atoms with Gasteiger partial charge < -0.3 is 4.74 Å². The normalized spacial score (nSPS) is 12.2. The van der Waals surface area contributed by atoms with Gasteiger partial charge in [0, 0.05) is 5.75 Å². The lowest BCUT2D eigenvalue weighted by molar-refractivity contribution is -0.146. The summed E-state index contributed by atoms with van der Waals surface area (Å²) in [6.07, 6.45) is 2.65. The molecular formula is C8H14O2S. The quantitative estimate of drug-likeness (QED) is 0.391. The summed E-state index contributed by atoms with van der Waals surface area (Å²) < 4.78 is 4.98. The zero-order valence-electron chi connectivity index (χ0n) is 6.75.